The third-order valence-corrected chi connectivity index (χ3v) is 2.83. The van der Waals surface area contributed by atoms with Gasteiger partial charge in [0.2, 0.25) is 0 Å². The van der Waals surface area contributed by atoms with E-state index in [9.17, 15) is 4.79 Å². The molecule has 2 N–H and O–H groups in total. The van der Waals surface area contributed by atoms with Gasteiger partial charge >= 0.3 is 0 Å². The van der Waals surface area contributed by atoms with Crippen LogP contribution in [0.3, 0.4) is 0 Å². The van der Waals surface area contributed by atoms with Crippen molar-refractivity contribution in [3.8, 4) is 0 Å². The summed E-state index contributed by atoms with van der Waals surface area (Å²) in [6.07, 6.45) is -0.477. The fraction of sp³-hybridized carbons (Fsp3) is 0.900. The third-order valence-electron chi connectivity index (χ3n) is 2.83. The molecule has 88 valence electrons. The summed E-state index contributed by atoms with van der Waals surface area (Å²) in [6.45, 7) is 5.65. The van der Waals surface area contributed by atoms with Crippen LogP contribution in [0.5, 0.6) is 0 Å². The van der Waals surface area contributed by atoms with Crippen LogP contribution in [0.25, 0.3) is 0 Å². The number of ether oxygens (including phenoxy) is 2. The van der Waals surface area contributed by atoms with Crippen LogP contribution < -0.4 is 5.73 Å². The number of carbonyl (C=O) groups excluding carboxylic acids is 1. The molecule has 1 aliphatic rings. The number of amides is 1. The Morgan fingerprint density at radius 2 is 2.20 bits per heavy atom. The molecule has 0 saturated carbocycles. The second kappa shape index (κ2) is 4.92. The van der Waals surface area contributed by atoms with Crippen LogP contribution in [0.1, 0.15) is 13.8 Å². The van der Waals surface area contributed by atoms with Gasteiger partial charge < -0.3 is 20.1 Å². The van der Waals surface area contributed by atoms with Gasteiger partial charge in [-0.25, -0.2) is 0 Å². The van der Waals surface area contributed by atoms with E-state index in [0.29, 0.717) is 26.4 Å². The fourth-order valence-electron chi connectivity index (χ4n) is 1.28. The number of hydrogen-bond donors (Lipinski definition) is 1. The van der Waals surface area contributed by atoms with E-state index in [2.05, 4.69) is 0 Å². The second-order valence-electron chi connectivity index (χ2n) is 4.35. The van der Waals surface area contributed by atoms with Crippen LogP contribution in [0.4, 0.5) is 0 Å². The average molecular weight is 216 g/mol. The number of nitrogens with zero attached hydrogens (tertiary/aromatic N) is 1. The fourth-order valence-corrected chi connectivity index (χ4v) is 1.28. The van der Waals surface area contributed by atoms with Gasteiger partial charge in [-0.1, -0.05) is 0 Å². The largest absolute Gasteiger partial charge is 0.376 e. The van der Waals surface area contributed by atoms with Gasteiger partial charge in [-0.2, -0.15) is 0 Å². The Bertz CT molecular complexity index is 225. The predicted molar refractivity (Wildman–Crippen MR) is 56.5 cm³/mol. The lowest BCUT2D eigenvalue weighted by molar-refractivity contribution is -0.161. The predicted octanol–water partition coefficient (Wildman–Crippen LogP) is -0.402. The van der Waals surface area contributed by atoms with Crippen molar-refractivity contribution in [2.75, 3.05) is 33.4 Å². The van der Waals surface area contributed by atoms with Crippen molar-refractivity contribution < 1.29 is 14.3 Å². The van der Waals surface area contributed by atoms with Crippen LogP contribution in [0.15, 0.2) is 0 Å². The van der Waals surface area contributed by atoms with E-state index in [1.165, 1.54) is 0 Å². The molecular formula is C10H20N2O3. The molecule has 1 atom stereocenters. The molecule has 0 aliphatic carbocycles. The highest BCUT2D eigenvalue weighted by molar-refractivity contribution is 5.81. The average Bonchev–Trinajstić information content (AvgIpc) is 2.28. The molecular weight excluding hydrogens is 196 g/mol. The summed E-state index contributed by atoms with van der Waals surface area (Å²) < 4.78 is 10.5. The topological polar surface area (TPSA) is 64.8 Å². The molecule has 0 aromatic carbocycles. The highest BCUT2D eigenvalue weighted by Crippen LogP contribution is 2.14. The summed E-state index contributed by atoms with van der Waals surface area (Å²) in [4.78, 5) is 13.6. The first-order valence-electron chi connectivity index (χ1n) is 5.16. The zero-order valence-electron chi connectivity index (χ0n) is 9.66. The lowest BCUT2D eigenvalue weighted by Gasteiger charge is -2.37. The van der Waals surface area contributed by atoms with E-state index >= 15 is 0 Å². The third kappa shape index (κ3) is 2.90. The quantitative estimate of drug-likeness (QED) is 0.697. The van der Waals surface area contributed by atoms with E-state index in [4.69, 9.17) is 15.2 Å². The molecule has 0 aromatic rings. The maximum absolute atomic E-state index is 12.0. The van der Waals surface area contributed by atoms with Gasteiger partial charge in [-0.15, -0.1) is 0 Å². The molecule has 1 unspecified atom stereocenters. The van der Waals surface area contributed by atoms with Crippen LogP contribution in [0, 0.1) is 0 Å². The minimum Gasteiger partial charge on any atom is -0.376 e. The molecule has 1 amide bonds. The van der Waals surface area contributed by atoms with Gasteiger partial charge in [0.15, 0.2) is 6.10 Å². The van der Waals surface area contributed by atoms with E-state index in [0.717, 1.165) is 0 Å². The second-order valence-corrected chi connectivity index (χ2v) is 4.35. The molecule has 1 fully saturated rings. The molecule has 0 spiro atoms. The highest BCUT2D eigenvalue weighted by atomic mass is 16.6. The van der Waals surface area contributed by atoms with Crippen molar-refractivity contribution in [3.05, 3.63) is 0 Å². The van der Waals surface area contributed by atoms with Gasteiger partial charge in [-0.3, -0.25) is 4.79 Å². The summed E-state index contributed by atoms with van der Waals surface area (Å²) in [5.74, 6) is -0.0647. The van der Waals surface area contributed by atoms with Crippen molar-refractivity contribution in [2.24, 2.45) is 5.73 Å². The van der Waals surface area contributed by atoms with Gasteiger partial charge in [0.05, 0.1) is 19.8 Å². The molecule has 1 aliphatic heterocycles. The smallest absolute Gasteiger partial charge is 0.254 e. The van der Waals surface area contributed by atoms with E-state index in [1.54, 1.807) is 11.9 Å². The zero-order valence-corrected chi connectivity index (χ0v) is 9.66. The van der Waals surface area contributed by atoms with Gasteiger partial charge in [0, 0.05) is 19.1 Å². The number of rotatable bonds is 3. The van der Waals surface area contributed by atoms with Gasteiger partial charge in [0.1, 0.15) is 0 Å². The summed E-state index contributed by atoms with van der Waals surface area (Å²) >= 11 is 0. The standard InChI is InChI=1S/C10H20N2O3/c1-10(2,7-11)12(3)9(13)8-6-14-4-5-15-8/h8H,4-7,11H2,1-3H3. The van der Waals surface area contributed by atoms with Gasteiger partial charge in [0.25, 0.3) is 5.91 Å². The first-order valence-corrected chi connectivity index (χ1v) is 5.16. The summed E-state index contributed by atoms with van der Waals surface area (Å²) in [7, 11) is 1.74. The molecule has 0 aromatic heterocycles. The maximum atomic E-state index is 12.0. The highest BCUT2D eigenvalue weighted by Gasteiger charge is 2.32. The molecule has 15 heavy (non-hydrogen) atoms. The normalized spacial score (nSPS) is 22.5. The summed E-state index contributed by atoms with van der Waals surface area (Å²) in [6, 6.07) is 0. The Balaban J connectivity index is 2.58. The van der Waals surface area contributed by atoms with Crippen molar-refractivity contribution in [3.63, 3.8) is 0 Å². The molecule has 5 nitrogen and oxygen atoms in total. The van der Waals surface area contributed by atoms with Crippen LogP contribution in [-0.2, 0) is 14.3 Å². The van der Waals surface area contributed by atoms with Crippen LogP contribution in [0.2, 0.25) is 0 Å². The lowest BCUT2D eigenvalue weighted by atomic mass is 10.0. The number of nitrogens with two attached hydrogens (primary N) is 1. The monoisotopic (exact) mass is 216 g/mol. The molecule has 1 saturated heterocycles. The minimum absolute atomic E-state index is 0.0647. The first-order chi connectivity index (χ1) is 6.99. The van der Waals surface area contributed by atoms with Gasteiger partial charge in [-0.05, 0) is 13.8 Å². The minimum atomic E-state index is -0.477. The zero-order chi connectivity index (χ0) is 11.5. The molecule has 0 bridgehead atoms. The Morgan fingerprint density at radius 1 is 1.53 bits per heavy atom. The van der Waals surface area contributed by atoms with E-state index in [1.807, 2.05) is 13.8 Å². The van der Waals surface area contributed by atoms with Crippen molar-refractivity contribution in [2.45, 2.75) is 25.5 Å². The summed E-state index contributed by atoms with van der Waals surface area (Å²) in [5, 5.41) is 0. The lowest BCUT2D eigenvalue weighted by Crippen LogP contribution is -2.55. The Kier molecular flexibility index (Phi) is 4.07. The Hall–Kier alpha value is -0.650. The van der Waals surface area contributed by atoms with Crippen molar-refractivity contribution in [1.29, 1.82) is 0 Å². The maximum Gasteiger partial charge on any atom is 0.254 e. The van der Waals surface area contributed by atoms with Crippen LogP contribution in [-0.4, -0.2) is 55.9 Å². The Morgan fingerprint density at radius 3 is 2.67 bits per heavy atom. The molecule has 0 radical (unpaired) electrons. The van der Waals surface area contributed by atoms with Crippen LogP contribution >= 0.6 is 0 Å². The SMILES string of the molecule is CN(C(=O)C1COCCO1)C(C)(C)CN. The summed E-state index contributed by atoms with van der Waals surface area (Å²) in [5.41, 5.74) is 5.26. The van der Waals surface area contributed by atoms with Crippen molar-refractivity contribution in [1.82, 2.24) is 4.90 Å². The Labute approximate surface area is 90.5 Å². The van der Waals surface area contributed by atoms with E-state index in [-0.39, 0.29) is 11.4 Å². The first kappa shape index (κ1) is 12.4. The molecule has 5 heteroatoms. The van der Waals surface area contributed by atoms with E-state index < -0.39 is 6.10 Å². The number of carbonyl (C=O) groups is 1. The molecule has 1 rings (SSSR count). The molecule has 1 heterocycles. The number of hydrogen-bond acceptors (Lipinski definition) is 4. The van der Waals surface area contributed by atoms with Crippen molar-refractivity contribution >= 4 is 5.91 Å². The number of likely N-dealkylation sites (N-methyl/N-ethyl adjacent to an activating group) is 1.